The molecule has 0 spiro atoms. The van der Waals surface area contributed by atoms with Crippen LogP contribution in [0.25, 0.3) is 11.3 Å². The first-order valence-electron chi connectivity index (χ1n) is 6.56. The van der Waals surface area contributed by atoms with E-state index in [9.17, 15) is 4.79 Å². The number of hydrogen-bond acceptors (Lipinski definition) is 5. The van der Waals surface area contributed by atoms with Crippen LogP contribution in [-0.4, -0.2) is 23.9 Å². The molecule has 1 aliphatic heterocycles. The number of carbonyl (C=O) groups excluding carboxylic acids is 1. The molecule has 1 aliphatic rings. The molecule has 0 radical (unpaired) electrons. The Morgan fingerprint density at radius 2 is 1.90 bits per heavy atom. The molecule has 5 nitrogen and oxygen atoms in total. The first-order chi connectivity index (χ1) is 10.00. The van der Waals surface area contributed by atoms with Crippen molar-refractivity contribution in [1.82, 2.24) is 4.98 Å². The molecule has 0 saturated heterocycles. The number of rotatable bonds is 2. The predicted octanol–water partition coefficient (Wildman–Crippen LogP) is 3.04. The van der Waals surface area contributed by atoms with E-state index in [1.807, 2.05) is 24.3 Å². The van der Waals surface area contributed by atoms with Gasteiger partial charge in [-0.25, -0.2) is 4.79 Å². The van der Waals surface area contributed by atoms with E-state index in [0.717, 1.165) is 5.56 Å². The molecule has 0 aliphatic carbocycles. The van der Waals surface area contributed by atoms with Crippen LogP contribution >= 0.6 is 0 Å². The number of nitrogens with zero attached hydrogens (tertiary/aromatic N) is 1. The third-order valence-corrected chi connectivity index (χ3v) is 3.16. The molecule has 0 bridgehead atoms. The van der Waals surface area contributed by atoms with Gasteiger partial charge >= 0.3 is 5.97 Å². The van der Waals surface area contributed by atoms with Crippen molar-refractivity contribution in [3.63, 3.8) is 0 Å². The molecule has 1 aromatic carbocycles. The van der Waals surface area contributed by atoms with Crippen LogP contribution in [0, 0.1) is 0 Å². The molecule has 21 heavy (non-hydrogen) atoms. The van der Waals surface area contributed by atoms with E-state index in [0.29, 0.717) is 22.8 Å². The topological polar surface area (TPSA) is 57.7 Å². The van der Waals surface area contributed by atoms with Gasteiger partial charge in [-0.3, -0.25) is 4.98 Å². The Balaban J connectivity index is 2.10. The molecule has 0 fully saturated rings. The average Bonchev–Trinajstić information content (AvgIpc) is 2.45. The number of ether oxygens (including phenoxy) is 3. The first-order valence-corrected chi connectivity index (χ1v) is 6.56. The maximum atomic E-state index is 11.9. The van der Waals surface area contributed by atoms with Crippen LogP contribution in [0.15, 0.2) is 36.5 Å². The van der Waals surface area contributed by atoms with Gasteiger partial charge in [0.2, 0.25) is 5.79 Å². The molecule has 0 atom stereocenters. The Morgan fingerprint density at radius 1 is 1.14 bits per heavy atom. The van der Waals surface area contributed by atoms with Crippen molar-refractivity contribution >= 4 is 5.97 Å². The van der Waals surface area contributed by atoms with Crippen molar-refractivity contribution < 1.29 is 19.0 Å². The van der Waals surface area contributed by atoms with Crippen LogP contribution in [0.3, 0.4) is 0 Å². The summed E-state index contributed by atoms with van der Waals surface area (Å²) in [7, 11) is 1.61. The lowest BCUT2D eigenvalue weighted by atomic mass is 10.1. The minimum absolute atomic E-state index is 0.327. The first kappa shape index (κ1) is 13.4. The lowest BCUT2D eigenvalue weighted by molar-refractivity contribution is -0.127. The summed E-state index contributed by atoms with van der Waals surface area (Å²) in [6, 6.07) is 9.28. The standard InChI is InChI=1S/C16H15NO4/c1-16(2)20-14-8-12(17-9-11(14)15(18)21-16)10-6-4-5-7-13(10)19-3/h4-9H,1-3H3. The fourth-order valence-electron chi connectivity index (χ4n) is 2.24. The monoisotopic (exact) mass is 285 g/mol. The Kier molecular flexibility index (Phi) is 3.05. The molecule has 1 aromatic heterocycles. The fourth-order valence-corrected chi connectivity index (χ4v) is 2.24. The zero-order valence-corrected chi connectivity index (χ0v) is 12.0. The quantitative estimate of drug-likeness (QED) is 0.794. The number of carbonyl (C=O) groups is 1. The highest BCUT2D eigenvalue weighted by Gasteiger charge is 2.34. The molecule has 108 valence electrons. The van der Waals surface area contributed by atoms with Gasteiger partial charge in [0.15, 0.2) is 0 Å². The van der Waals surface area contributed by atoms with Crippen LogP contribution < -0.4 is 9.47 Å². The number of fused-ring (bicyclic) bond motifs is 1. The second kappa shape index (κ2) is 4.77. The van der Waals surface area contributed by atoms with Crippen molar-refractivity contribution in [3.05, 3.63) is 42.1 Å². The molecular formula is C16H15NO4. The van der Waals surface area contributed by atoms with Crippen molar-refractivity contribution in [3.8, 4) is 22.8 Å². The maximum absolute atomic E-state index is 11.9. The van der Waals surface area contributed by atoms with Gasteiger partial charge in [0.1, 0.15) is 17.1 Å². The lowest BCUT2D eigenvalue weighted by Crippen LogP contribution is -2.38. The van der Waals surface area contributed by atoms with Crippen LogP contribution in [0.1, 0.15) is 24.2 Å². The van der Waals surface area contributed by atoms with Gasteiger partial charge in [-0.15, -0.1) is 0 Å². The van der Waals surface area contributed by atoms with Gasteiger partial charge in [0.05, 0.1) is 12.8 Å². The summed E-state index contributed by atoms with van der Waals surface area (Å²) in [5.41, 5.74) is 1.84. The van der Waals surface area contributed by atoms with Gasteiger partial charge in [-0.05, 0) is 12.1 Å². The summed E-state index contributed by atoms with van der Waals surface area (Å²) >= 11 is 0. The van der Waals surface area contributed by atoms with Crippen molar-refractivity contribution in [2.24, 2.45) is 0 Å². The Bertz CT molecular complexity index is 709. The number of esters is 1. The Labute approximate surface area is 122 Å². The fraction of sp³-hybridized carbons (Fsp3) is 0.250. The number of methoxy groups -OCH3 is 1. The molecule has 0 unspecified atom stereocenters. The molecule has 0 saturated carbocycles. The average molecular weight is 285 g/mol. The van der Waals surface area contributed by atoms with Crippen molar-refractivity contribution in [2.45, 2.75) is 19.6 Å². The molecule has 0 N–H and O–H groups in total. The number of aromatic nitrogens is 1. The number of para-hydroxylation sites is 1. The predicted molar refractivity (Wildman–Crippen MR) is 76.3 cm³/mol. The third kappa shape index (κ3) is 2.42. The van der Waals surface area contributed by atoms with E-state index in [4.69, 9.17) is 14.2 Å². The Hall–Kier alpha value is -2.56. The minimum Gasteiger partial charge on any atom is -0.496 e. The van der Waals surface area contributed by atoms with Crippen LogP contribution in [0.4, 0.5) is 0 Å². The van der Waals surface area contributed by atoms with E-state index >= 15 is 0 Å². The Morgan fingerprint density at radius 3 is 2.67 bits per heavy atom. The second-order valence-electron chi connectivity index (χ2n) is 5.16. The third-order valence-electron chi connectivity index (χ3n) is 3.16. The van der Waals surface area contributed by atoms with Gasteiger partial charge in [-0.1, -0.05) is 12.1 Å². The van der Waals surface area contributed by atoms with Crippen LogP contribution in [0.5, 0.6) is 11.5 Å². The summed E-state index contributed by atoms with van der Waals surface area (Å²) in [6.45, 7) is 3.38. The molecule has 3 rings (SSSR count). The number of benzene rings is 1. The number of hydrogen-bond donors (Lipinski definition) is 0. The molecule has 2 heterocycles. The minimum atomic E-state index is -0.983. The van der Waals surface area contributed by atoms with Crippen LogP contribution in [-0.2, 0) is 4.74 Å². The van der Waals surface area contributed by atoms with Gasteiger partial charge in [-0.2, -0.15) is 0 Å². The van der Waals surface area contributed by atoms with E-state index in [1.165, 1.54) is 6.20 Å². The van der Waals surface area contributed by atoms with Gasteiger partial charge in [0.25, 0.3) is 0 Å². The van der Waals surface area contributed by atoms with E-state index in [-0.39, 0.29) is 0 Å². The number of cyclic esters (lactones) is 1. The highest BCUT2D eigenvalue weighted by atomic mass is 16.7. The van der Waals surface area contributed by atoms with Crippen LogP contribution in [0.2, 0.25) is 0 Å². The molecular weight excluding hydrogens is 270 g/mol. The zero-order chi connectivity index (χ0) is 15.0. The lowest BCUT2D eigenvalue weighted by Gasteiger charge is -2.31. The van der Waals surface area contributed by atoms with Crippen molar-refractivity contribution in [2.75, 3.05) is 7.11 Å². The number of pyridine rings is 1. The maximum Gasteiger partial charge on any atom is 0.346 e. The summed E-state index contributed by atoms with van der Waals surface area (Å²) in [5.74, 6) is -0.237. The zero-order valence-electron chi connectivity index (χ0n) is 12.0. The van der Waals surface area contributed by atoms with Gasteiger partial charge < -0.3 is 14.2 Å². The highest BCUT2D eigenvalue weighted by Crippen LogP contribution is 2.35. The normalized spacial score (nSPS) is 15.7. The highest BCUT2D eigenvalue weighted by molar-refractivity contribution is 5.94. The van der Waals surface area contributed by atoms with Gasteiger partial charge in [0, 0.05) is 31.7 Å². The second-order valence-corrected chi connectivity index (χ2v) is 5.16. The smallest absolute Gasteiger partial charge is 0.346 e. The van der Waals surface area contributed by atoms with E-state index in [2.05, 4.69) is 4.98 Å². The van der Waals surface area contributed by atoms with E-state index < -0.39 is 11.8 Å². The largest absolute Gasteiger partial charge is 0.496 e. The summed E-state index contributed by atoms with van der Waals surface area (Å²) in [6.07, 6.45) is 1.47. The molecule has 0 amide bonds. The summed E-state index contributed by atoms with van der Waals surface area (Å²) in [4.78, 5) is 16.2. The summed E-state index contributed by atoms with van der Waals surface area (Å²) in [5, 5.41) is 0. The molecule has 5 heteroatoms. The molecule has 2 aromatic rings. The SMILES string of the molecule is COc1ccccc1-c1cc2c(cn1)C(=O)OC(C)(C)O2. The van der Waals surface area contributed by atoms with E-state index in [1.54, 1.807) is 27.0 Å². The van der Waals surface area contributed by atoms with Crippen molar-refractivity contribution in [1.29, 1.82) is 0 Å². The summed E-state index contributed by atoms with van der Waals surface area (Å²) < 4.78 is 16.2.